The van der Waals surface area contributed by atoms with Crippen molar-refractivity contribution in [3.05, 3.63) is 0 Å². The molecule has 2 amide bonds. The topological polar surface area (TPSA) is 179 Å². The largest absolute Gasteiger partial charge is 0.390 e. The van der Waals surface area contributed by atoms with Crippen molar-refractivity contribution in [1.29, 1.82) is 0 Å². The predicted molar refractivity (Wildman–Crippen MR) is 168 cm³/mol. The van der Waals surface area contributed by atoms with E-state index in [0.717, 1.165) is 44.9 Å². The van der Waals surface area contributed by atoms with E-state index >= 15 is 0 Å². The van der Waals surface area contributed by atoms with Crippen LogP contribution in [-0.2, 0) is 29.6 Å². The SMILES string of the molecule is CCCN(CCC)C(=O)C1CC(C(=O)NC(CC2CCCCC2)C(O)CN(C)NS(=O)(=O)CC(C)C)CC(S(N)(=O)=O)C1. The number of sulfonamides is 2. The third-order valence-electron chi connectivity index (χ3n) is 8.56. The predicted octanol–water partition coefficient (Wildman–Crippen LogP) is 1.95. The summed E-state index contributed by atoms with van der Waals surface area (Å²) in [6, 6.07) is -0.673. The summed E-state index contributed by atoms with van der Waals surface area (Å²) in [6.45, 7) is 8.63. The van der Waals surface area contributed by atoms with E-state index in [9.17, 15) is 31.5 Å². The molecular formula is C29H57N5O7S2. The van der Waals surface area contributed by atoms with Crippen LogP contribution in [0.25, 0.3) is 0 Å². The monoisotopic (exact) mass is 651 g/mol. The van der Waals surface area contributed by atoms with Crippen molar-refractivity contribution in [2.75, 3.05) is 32.4 Å². The summed E-state index contributed by atoms with van der Waals surface area (Å²) in [7, 11) is -6.05. The fraction of sp³-hybridized carbons (Fsp3) is 0.931. The van der Waals surface area contributed by atoms with Gasteiger partial charge in [0, 0.05) is 38.5 Å². The first-order valence-electron chi connectivity index (χ1n) is 16.1. The highest BCUT2D eigenvalue weighted by Gasteiger charge is 2.42. The van der Waals surface area contributed by atoms with Crippen LogP contribution in [0.4, 0.5) is 0 Å². The van der Waals surface area contributed by atoms with Crippen LogP contribution in [0.3, 0.4) is 0 Å². The van der Waals surface area contributed by atoms with Crippen LogP contribution in [0.5, 0.6) is 0 Å². The summed E-state index contributed by atoms with van der Waals surface area (Å²) in [5.74, 6) is -1.80. The van der Waals surface area contributed by atoms with Gasteiger partial charge in [-0.05, 0) is 50.4 Å². The Labute approximate surface area is 260 Å². The quantitative estimate of drug-likeness (QED) is 0.172. The van der Waals surface area contributed by atoms with E-state index in [0.29, 0.717) is 25.4 Å². The first-order valence-corrected chi connectivity index (χ1v) is 19.3. The molecule has 2 fully saturated rings. The fourth-order valence-electron chi connectivity index (χ4n) is 6.63. The summed E-state index contributed by atoms with van der Waals surface area (Å²) < 4.78 is 49.8. The van der Waals surface area contributed by atoms with Crippen LogP contribution in [0.1, 0.15) is 98.3 Å². The number of carbonyl (C=O) groups is 2. The molecule has 252 valence electrons. The molecule has 12 nitrogen and oxygen atoms in total. The molecule has 0 heterocycles. The smallest absolute Gasteiger partial charge is 0.225 e. The zero-order chi connectivity index (χ0) is 32.4. The molecule has 0 aliphatic heterocycles. The maximum atomic E-state index is 13.7. The third-order valence-corrected chi connectivity index (χ3v) is 11.6. The lowest BCUT2D eigenvalue weighted by Gasteiger charge is -2.37. The number of hydrogen-bond donors (Lipinski definition) is 4. The molecule has 0 bridgehead atoms. The number of likely N-dealkylation sites (N-methyl/N-ethyl adjacent to an activating group) is 1. The average molecular weight is 652 g/mol. The van der Waals surface area contributed by atoms with Gasteiger partial charge >= 0.3 is 0 Å². The van der Waals surface area contributed by atoms with Crippen LogP contribution in [-0.4, -0.2) is 93.5 Å². The Hall–Kier alpha value is -1.32. The number of aliphatic hydroxyl groups excluding tert-OH is 1. The van der Waals surface area contributed by atoms with Crippen molar-refractivity contribution in [3.63, 3.8) is 0 Å². The number of nitrogens with one attached hydrogen (secondary N) is 2. The highest BCUT2D eigenvalue weighted by atomic mass is 32.2. The van der Waals surface area contributed by atoms with Gasteiger partial charge in [-0.2, -0.15) is 0 Å². The van der Waals surface area contributed by atoms with Crippen molar-refractivity contribution in [3.8, 4) is 0 Å². The summed E-state index contributed by atoms with van der Waals surface area (Å²) in [5, 5.41) is 20.1. The van der Waals surface area contributed by atoms with Gasteiger partial charge in [0.05, 0.1) is 23.1 Å². The normalized spacial score (nSPS) is 23.7. The van der Waals surface area contributed by atoms with Gasteiger partial charge < -0.3 is 15.3 Å². The fourth-order valence-corrected chi connectivity index (χ4v) is 9.14. The second-order valence-electron chi connectivity index (χ2n) is 13.2. The van der Waals surface area contributed by atoms with Crippen LogP contribution in [0.15, 0.2) is 0 Å². The van der Waals surface area contributed by atoms with Gasteiger partial charge in [0.1, 0.15) is 0 Å². The maximum absolute atomic E-state index is 13.7. The number of rotatable bonds is 17. The first kappa shape index (κ1) is 37.9. The lowest BCUT2D eigenvalue weighted by atomic mass is 9.79. The van der Waals surface area contributed by atoms with Crippen LogP contribution >= 0.6 is 0 Å². The standard InChI is InChI=1S/C29H57N5O7S2/c1-6-13-34(14-7-2)29(37)24-16-23(17-25(18-24)43(30,40)41)28(36)31-26(15-22-11-9-8-10-12-22)27(35)19-33(5)32-42(38,39)20-21(3)4/h21-27,32,35H,6-20H2,1-5H3,(H,31,36)(H2,30,40,41). The molecule has 2 aliphatic carbocycles. The highest BCUT2D eigenvalue weighted by molar-refractivity contribution is 7.89. The Balaban J connectivity index is 2.23. The molecule has 5 unspecified atom stereocenters. The molecule has 0 aromatic carbocycles. The number of carbonyl (C=O) groups excluding carboxylic acids is 2. The molecule has 2 aliphatic rings. The minimum Gasteiger partial charge on any atom is -0.390 e. The van der Waals surface area contributed by atoms with Crippen LogP contribution in [0, 0.1) is 23.7 Å². The second-order valence-corrected chi connectivity index (χ2v) is 16.8. The second kappa shape index (κ2) is 17.4. The number of aliphatic hydroxyl groups is 1. The van der Waals surface area contributed by atoms with Crippen molar-refractivity contribution < 1.29 is 31.5 Å². The minimum absolute atomic E-state index is 0.0111. The van der Waals surface area contributed by atoms with E-state index < -0.39 is 55.2 Å². The minimum atomic E-state index is -3.99. The summed E-state index contributed by atoms with van der Waals surface area (Å²) >= 11 is 0. The molecule has 5 atom stereocenters. The maximum Gasteiger partial charge on any atom is 0.225 e. The number of nitrogens with two attached hydrogens (primary N) is 1. The van der Waals surface area contributed by atoms with Gasteiger partial charge in [-0.25, -0.2) is 27.0 Å². The van der Waals surface area contributed by atoms with Gasteiger partial charge in [0.25, 0.3) is 0 Å². The number of nitrogens with zero attached hydrogens (tertiary/aromatic N) is 2. The average Bonchev–Trinajstić information content (AvgIpc) is 2.90. The Morgan fingerprint density at radius 3 is 2.07 bits per heavy atom. The van der Waals surface area contributed by atoms with E-state index in [1.165, 1.54) is 12.1 Å². The molecule has 5 N–H and O–H groups in total. The molecule has 0 spiro atoms. The molecule has 2 rings (SSSR count). The number of hydrogen-bond acceptors (Lipinski definition) is 8. The number of hydrazine groups is 1. The van der Waals surface area contributed by atoms with Crippen molar-refractivity contribution in [2.24, 2.45) is 28.8 Å². The molecule has 14 heteroatoms. The Kier molecular flexibility index (Phi) is 15.3. The zero-order valence-electron chi connectivity index (χ0n) is 26.8. The van der Waals surface area contributed by atoms with Crippen molar-refractivity contribution in [1.82, 2.24) is 20.1 Å². The lowest BCUT2D eigenvalue weighted by molar-refractivity contribution is -0.138. The Morgan fingerprint density at radius 2 is 1.53 bits per heavy atom. The van der Waals surface area contributed by atoms with E-state index in [1.54, 1.807) is 18.7 Å². The van der Waals surface area contributed by atoms with Crippen molar-refractivity contribution >= 4 is 31.9 Å². The third kappa shape index (κ3) is 12.9. The molecule has 0 saturated heterocycles. The molecule has 2 saturated carbocycles. The van der Waals surface area contributed by atoms with E-state index in [4.69, 9.17) is 5.14 Å². The molecule has 0 aromatic heterocycles. The molecule has 43 heavy (non-hydrogen) atoms. The van der Waals surface area contributed by atoms with E-state index in [2.05, 4.69) is 10.1 Å². The Morgan fingerprint density at radius 1 is 0.953 bits per heavy atom. The van der Waals surface area contributed by atoms with Gasteiger partial charge in [-0.15, -0.1) is 4.83 Å². The lowest BCUT2D eigenvalue weighted by Crippen LogP contribution is -2.54. The zero-order valence-corrected chi connectivity index (χ0v) is 28.5. The van der Waals surface area contributed by atoms with Crippen LogP contribution in [0.2, 0.25) is 0 Å². The molecular weight excluding hydrogens is 594 g/mol. The highest BCUT2D eigenvalue weighted by Crippen LogP contribution is 2.35. The first-order chi connectivity index (χ1) is 20.1. The summed E-state index contributed by atoms with van der Waals surface area (Å²) in [4.78, 5) is 31.4. The molecule has 0 aromatic rings. The number of amides is 2. The van der Waals surface area contributed by atoms with E-state index in [-0.39, 0.29) is 43.4 Å². The van der Waals surface area contributed by atoms with Crippen molar-refractivity contribution in [2.45, 2.75) is 116 Å². The van der Waals surface area contributed by atoms with Crippen LogP contribution < -0.4 is 15.3 Å². The van der Waals surface area contributed by atoms with Gasteiger partial charge in [-0.1, -0.05) is 59.8 Å². The summed E-state index contributed by atoms with van der Waals surface area (Å²) in [6.07, 6.45) is 6.53. The summed E-state index contributed by atoms with van der Waals surface area (Å²) in [5.41, 5.74) is 0. The van der Waals surface area contributed by atoms with E-state index in [1.807, 2.05) is 13.8 Å². The molecule has 0 radical (unpaired) electrons. The number of primary sulfonamides is 1. The van der Waals surface area contributed by atoms with Gasteiger partial charge in [0.2, 0.25) is 31.9 Å². The van der Waals surface area contributed by atoms with Gasteiger partial charge in [-0.3, -0.25) is 9.59 Å². The Bertz CT molecular complexity index is 1090. The van der Waals surface area contributed by atoms with Gasteiger partial charge in [0.15, 0.2) is 0 Å².